The van der Waals surface area contributed by atoms with Crippen LogP contribution < -0.4 is 10.9 Å². The molecule has 0 radical (unpaired) electrons. The molecule has 1 amide bonds. The first-order chi connectivity index (χ1) is 11.0. The van der Waals surface area contributed by atoms with Crippen molar-refractivity contribution in [1.29, 1.82) is 0 Å². The lowest BCUT2D eigenvalue weighted by molar-refractivity contribution is -0.148. The normalized spacial score (nSPS) is 13.7. The van der Waals surface area contributed by atoms with E-state index in [-0.39, 0.29) is 17.9 Å². The first-order valence-electron chi connectivity index (χ1n) is 7.32. The molecule has 0 aliphatic heterocycles. The average Bonchev–Trinajstić information content (AvgIpc) is 2.46. The van der Waals surface area contributed by atoms with Gasteiger partial charge in [-0.2, -0.15) is 0 Å². The molecule has 0 fully saturated rings. The summed E-state index contributed by atoms with van der Waals surface area (Å²) in [6, 6.07) is 4.18. The Balaban J connectivity index is 2.88. The molecule has 0 saturated carbocycles. The van der Waals surface area contributed by atoms with E-state index in [1.54, 1.807) is 26.8 Å². The van der Waals surface area contributed by atoms with Crippen molar-refractivity contribution in [3.8, 4) is 11.5 Å². The van der Waals surface area contributed by atoms with Crippen LogP contribution in [0.2, 0.25) is 0 Å². The van der Waals surface area contributed by atoms with Gasteiger partial charge in [-0.05, 0) is 45.4 Å². The quantitative estimate of drug-likeness (QED) is 0.365. The molecule has 0 aliphatic carbocycles. The summed E-state index contributed by atoms with van der Waals surface area (Å²) in [4.78, 5) is 23.8. The summed E-state index contributed by atoms with van der Waals surface area (Å²) in [6.07, 6.45) is -0.658. The molecule has 0 heterocycles. The van der Waals surface area contributed by atoms with Crippen LogP contribution in [-0.4, -0.2) is 40.5 Å². The Morgan fingerprint density at radius 1 is 1.12 bits per heavy atom. The second-order valence-electron chi connectivity index (χ2n) is 6.58. The van der Waals surface area contributed by atoms with Gasteiger partial charge >= 0.3 is 12.1 Å². The molecular weight excluding hydrogens is 316 g/mol. The Kier molecular flexibility index (Phi) is 6.03. The fraction of sp³-hybridized carbons (Fsp3) is 0.500. The molecule has 1 aromatic rings. The number of esters is 1. The lowest BCUT2D eigenvalue weighted by Gasteiger charge is -2.29. The minimum absolute atomic E-state index is 0.0866. The predicted octanol–water partition coefficient (Wildman–Crippen LogP) is 1.60. The van der Waals surface area contributed by atoms with Gasteiger partial charge in [-0.15, -0.1) is 0 Å². The number of hydrogen-bond acceptors (Lipinski definition) is 7. The summed E-state index contributed by atoms with van der Waals surface area (Å²) >= 11 is 0. The Bertz CT molecular complexity index is 611. The second kappa shape index (κ2) is 7.39. The number of amides is 1. The van der Waals surface area contributed by atoms with Gasteiger partial charge in [0, 0.05) is 6.42 Å². The topological polar surface area (TPSA) is 117 Å². The number of nitrogens with one attached hydrogen (secondary N) is 2. The maximum atomic E-state index is 12.1. The van der Waals surface area contributed by atoms with E-state index in [0.29, 0.717) is 5.56 Å². The standard InChI is InChI=1S/C16H24N2O6/c1-15(2,3)24-14(22)17-18-16(4,13(21)23-5)9-10-6-7-11(19)12(20)8-10/h6-8,18-20H,9H2,1-5H3,(H,17,22). The second-order valence-corrected chi connectivity index (χ2v) is 6.58. The van der Waals surface area contributed by atoms with Crippen molar-refractivity contribution in [2.75, 3.05) is 7.11 Å². The molecule has 1 aromatic carbocycles. The number of methoxy groups -OCH3 is 1. The van der Waals surface area contributed by atoms with Crippen LogP contribution in [0.5, 0.6) is 11.5 Å². The van der Waals surface area contributed by atoms with Gasteiger partial charge in [0.05, 0.1) is 7.11 Å². The number of phenolic OH excluding ortho intramolecular Hbond substituents is 2. The average molecular weight is 340 g/mol. The zero-order valence-electron chi connectivity index (χ0n) is 14.5. The molecule has 0 aromatic heterocycles. The summed E-state index contributed by atoms with van der Waals surface area (Å²) in [6.45, 7) is 6.67. The van der Waals surface area contributed by atoms with Gasteiger partial charge in [0.2, 0.25) is 0 Å². The molecule has 24 heavy (non-hydrogen) atoms. The minimum atomic E-state index is -1.31. The Hall–Kier alpha value is -2.48. The van der Waals surface area contributed by atoms with Crippen LogP contribution in [0.15, 0.2) is 18.2 Å². The van der Waals surface area contributed by atoms with Crippen LogP contribution in [0, 0.1) is 0 Å². The highest BCUT2D eigenvalue weighted by Gasteiger charge is 2.35. The molecule has 0 spiro atoms. The number of ether oxygens (including phenoxy) is 2. The van der Waals surface area contributed by atoms with E-state index in [1.807, 2.05) is 0 Å². The van der Waals surface area contributed by atoms with Gasteiger partial charge in [0.25, 0.3) is 0 Å². The van der Waals surface area contributed by atoms with Gasteiger partial charge in [0.1, 0.15) is 11.1 Å². The van der Waals surface area contributed by atoms with E-state index in [0.717, 1.165) is 0 Å². The third kappa shape index (κ3) is 5.62. The highest BCUT2D eigenvalue weighted by atomic mass is 16.6. The van der Waals surface area contributed by atoms with Gasteiger partial charge in [-0.3, -0.25) is 5.43 Å². The van der Waals surface area contributed by atoms with Crippen molar-refractivity contribution in [2.45, 2.75) is 45.3 Å². The van der Waals surface area contributed by atoms with E-state index < -0.39 is 23.2 Å². The summed E-state index contributed by atoms with van der Waals surface area (Å²) in [5, 5.41) is 18.9. The Labute approximate surface area is 140 Å². The van der Waals surface area contributed by atoms with E-state index >= 15 is 0 Å². The van der Waals surface area contributed by atoms with Crippen molar-refractivity contribution in [1.82, 2.24) is 10.9 Å². The molecule has 1 rings (SSSR count). The molecule has 4 N–H and O–H groups in total. The third-order valence-electron chi connectivity index (χ3n) is 3.07. The van der Waals surface area contributed by atoms with Gasteiger partial charge in [0.15, 0.2) is 11.5 Å². The highest BCUT2D eigenvalue weighted by molar-refractivity contribution is 5.81. The number of aromatic hydroxyl groups is 2. The maximum absolute atomic E-state index is 12.1. The molecule has 1 atom stereocenters. The molecule has 8 nitrogen and oxygen atoms in total. The number of carbonyl (C=O) groups is 2. The predicted molar refractivity (Wildman–Crippen MR) is 86.4 cm³/mol. The molecular formula is C16H24N2O6. The maximum Gasteiger partial charge on any atom is 0.422 e. The third-order valence-corrected chi connectivity index (χ3v) is 3.07. The van der Waals surface area contributed by atoms with E-state index in [2.05, 4.69) is 10.9 Å². The number of rotatable bonds is 5. The first kappa shape index (κ1) is 19.6. The van der Waals surface area contributed by atoms with Crippen molar-refractivity contribution in [3.05, 3.63) is 23.8 Å². The van der Waals surface area contributed by atoms with Crippen LogP contribution in [0.4, 0.5) is 4.79 Å². The summed E-state index contributed by atoms with van der Waals surface area (Å²) in [5.74, 6) is -1.19. The molecule has 0 aliphatic rings. The number of hydrogen-bond donors (Lipinski definition) is 4. The summed E-state index contributed by atoms with van der Waals surface area (Å²) < 4.78 is 9.86. The molecule has 8 heteroatoms. The molecule has 0 bridgehead atoms. The Morgan fingerprint density at radius 3 is 2.25 bits per heavy atom. The first-order valence-corrected chi connectivity index (χ1v) is 7.32. The van der Waals surface area contributed by atoms with Crippen molar-refractivity contribution >= 4 is 12.1 Å². The number of phenols is 2. The molecule has 1 unspecified atom stereocenters. The fourth-order valence-electron chi connectivity index (χ4n) is 1.97. The van der Waals surface area contributed by atoms with Crippen molar-refractivity contribution in [2.24, 2.45) is 0 Å². The van der Waals surface area contributed by atoms with Crippen LogP contribution >= 0.6 is 0 Å². The van der Waals surface area contributed by atoms with E-state index in [9.17, 15) is 19.8 Å². The van der Waals surface area contributed by atoms with Crippen LogP contribution in [-0.2, 0) is 20.7 Å². The smallest absolute Gasteiger partial charge is 0.422 e. The van der Waals surface area contributed by atoms with Crippen LogP contribution in [0.3, 0.4) is 0 Å². The SMILES string of the molecule is COC(=O)C(C)(Cc1ccc(O)c(O)c1)NNC(=O)OC(C)(C)C. The zero-order valence-corrected chi connectivity index (χ0v) is 14.5. The van der Waals surface area contributed by atoms with Gasteiger partial charge < -0.3 is 19.7 Å². The van der Waals surface area contributed by atoms with E-state index in [4.69, 9.17) is 9.47 Å². The zero-order chi connectivity index (χ0) is 18.5. The van der Waals surface area contributed by atoms with Gasteiger partial charge in [-0.25, -0.2) is 15.0 Å². The lowest BCUT2D eigenvalue weighted by Crippen LogP contribution is -2.59. The van der Waals surface area contributed by atoms with Crippen molar-refractivity contribution < 1.29 is 29.3 Å². The van der Waals surface area contributed by atoms with Crippen LogP contribution in [0.25, 0.3) is 0 Å². The fourth-order valence-corrected chi connectivity index (χ4v) is 1.97. The largest absolute Gasteiger partial charge is 0.504 e. The summed E-state index contributed by atoms with van der Waals surface area (Å²) in [5.41, 5.74) is 3.48. The highest BCUT2D eigenvalue weighted by Crippen LogP contribution is 2.27. The van der Waals surface area contributed by atoms with Crippen molar-refractivity contribution in [3.63, 3.8) is 0 Å². The van der Waals surface area contributed by atoms with E-state index in [1.165, 1.54) is 26.2 Å². The number of hydrazine groups is 1. The Morgan fingerprint density at radius 2 is 1.75 bits per heavy atom. The summed E-state index contributed by atoms with van der Waals surface area (Å²) in [7, 11) is 1.23. The molecule has 134 valence electrons. The lowest BCUT2D eigenvalue weighted by atomic mass is 9.93. The van der Waals surface area contributed by atoms with Gasteiger partial charge in [-0.1, -0.05) is 6.07 Å². The number of carbonyl (C=O) groups excluding carboxylic acids is 2. The van der Waals surface area contributed by atoms with Crippen LogP contribution in [0.1, 0.15) is 33.3 Å². The monoisotopic (exact) mass is 340 g/mol. The number of benzene rings is 1. The minimum Gasteiger partial charge on any atom is -0.504 e. The molecule has 0 saturated heterocycles.